The highest BCUT2D eigenvalue weighted by atomic mass is 32.2. The zero-order valence-corrected chi connectivity index (χ0v) is 10.1. The highest BCUT2D eigenvalue weighted by Gasteiger charge is 2.21. The fraction of sp³-hybridized carbons (Fsp3) is 0.455. The van der Waals surface area contributed by atoms with Crippen LogP contribution in [0.2, 0.25) is 0 Å². The van der Waals surface area contributed by atoms with E-state index in [1.54, 1.807) is 12.1 Å². The Balaban J connectivity index is 3.03. The molecule has 16 heavy (non-hydrogen) atoms. The predicted molar refractivity (Wildman–Crippen MR) is 63.8 cm³/mol. The summed E-state index contributed by atoms with van der Waals surface area (Å²) in [6.07, 6.45) is 1.53. The molecule has 0 heterocycles. The third kappa shape index (κ3) is 3.30. The van der Waals surface area contributed by atoms with E-state index in [9.17, 15) is 8.42 Å². The van der Waals surface area contributed by atoms with E-state index in [1.807, 2.05) is 12.1 Å². The van der Waals surface area contributed by atoms with E-state index in [0.717, 1.165) is 18.4 Å². The Morgan fingerprint density at radius 2 is 2.00 bits per heavy atom. The largest absolute Gasteiger partial charge is 0.330 e. The summed E-state index contributed by atoms with van der Waals surface area (Å²) in [6.45, 7) is 2.05. The Morgan fingerprint density at radius 1 is 1.38 bits per heavy atom. The van der Waals surface area contributed by atoms with Gasteiger partial charge in [-0.2, -0.15) is 8.42 Å². The molecule has 1 unspecified atom stereocenters. The van der Waals surface area contributed by atoms with Crippen LogP contribution in [0.15, 0.2) is 24.3 Å². The first-order valence-electron chi connectivity index (χ1n) is 5.21. The predicted octanol–water partition coefficient (Wildman–Crippen LogP) is 1.53. The zero-order chi connectivity index (χ0) is 12.2. The van der Waals surface area contributed by atoms with Crippen LogP contribution in [0.4, 0.5) is 0 Å². The van der Waals surface area contributed by atoms with Crippen LogP contribution < -0.4 is 5.73 Å². The van der Waals surface area contributed by atoms with E-state index in [-0.39, 0.29) is 0 Å². The second-order valence-electron chi connectivity index (χ2n) is 3.75. The summed E-state index contributed by atoms with van der Waals surface area (Å²) in [6, 6.07) is 7.21. The van der Waals surface area contributed by atoms with Gasteiger partial charge in [0, 0.05) is 0 Å². The maximum Gasteiger partial charge on any atom is 0.271 e. The minimum absolute atomic E-state index is 0.564. The standard InChI is InChI=1S/C11H17NO3S/c1-9(16(13,14)15)11-7-3-2-5-10(11)6-4-8-12/h2-3,5,7,9H,4,6,8,12H2,1H3,(H,13,14,15). The van der Waals surface area contributed by atoms with Crippen LogP contribution in [-0.2, 0) is 16.5 Å². The monoisotopic (exact) mass is 243 g/mol. The first-order valence-corrected chi connectivity index (χ1v) is 6.71. The first kappa shape index (κ1) is 13.2. The van der Waals surface area contributed by atoms with Crippen molar-refractivity contribution in [3.05, 3.63) is 35.4 Å². The molecule has 1 rings (SSSR count). The molecule has 0 aromatic heterocycles. The molecule has 0 radical (unpaired) electrons. The van der Waals surface area contributed by atoms with E-state index in [4.69, 9.17) is 10.3 Å². The van der Waals surface area contributed by atoms with Crippen molar-refractivity contribution < 1.29 is 13.0 Å². The Morgan fingerprint density at radius 3 is 2.56 bits per heavy atom. The van der Waals surface area contributed by atoms with Gasteiger partial charge in [-0.1, -0.05) is 24.3 Å². The molecule has 1 aromatic carbocycles. The van der Waals surface area contributed by atoms with Gasteiger partial charge in [0.25, 0.3) is 10.1 Å². The Kier molecular flexibility index (Phi) is 4.46. The van der Waals surface area contributed by atoms with E-state index in [2.05, 4.69) is 0 Å². The number of benzene rings is 1. The summed E-state index contributed by atoms with van der Waals surface area (Å²) < 4.78 is 31.2. The van der Waals surface area contributed by atoms with Crippen molar-refractivity contribution in [3.8, 4) is 0 Å². The van der Waals surface area contributed by atoms with Gasteiger partial charge in [0.1, 0.15) is 5.25 Å². The number of nitrogens with two attached hydrogens (primary N) is 1. The molecule has 0 amide bonds. The highest BCUT2D eigenvalue weighted by Crippen LogP contribution is 2.24. The van der Waals surface area contributed by atoms with E-state index in [1.165, 1.54) is 6.92 Å². The second kappa shape index (κ2) is 5.43. The lowest BCUT2D eigenvalue weighted by Crippen LogP contribution is -2.11. The van der Waals surface area contributed by atoms with Gasteiger partial charge >= 0.3 is 0 Å². The van der Waals surface area contributed by atoms with Gasteiger partial charge in [-0.15, -0.1) is 0 Å². The van der Waals surface area contributed by atoms with Crippen molar-refractivity contribution in [1.82, 2.24) is 0 Å². The maximum atomic E-state index is 11.1. The number of hydrogen-bond donors (Lipinski definition) is 2. The van der Waals surface area contributed by atoms with Gasteiger partial charge in [-0.25, -0.2) is 0 Å². The molecule has 3 N–H and O–H groups in total. The van der Waals surface area contributed by atoms with Gasteiger partial charge in [-0.3, -0.25) is 4.55 Å². The molecule has 90 valence electrons. The van der Waals surface area contributed by atoms with Gasteiger partial charge < -0.3 is 5.73 Å². The lowest BCUT2D eigenvalue weighted by atomic mass is 10.0. The molecule has 0 saturated carbocycles. The summed E-state index contributed by atoms with van der Waals surface area (Å²) in [7, 11) is -4.03. The topological polar surface area (TPSA) is 80.4 Å². The van der Waals surface area contributed by atoms with Crippen LogP contribution in [0.1, 0.15) is 29.7 Å². The average molecular weight is 243 g/mol. The van der Waals surface area contributed by atoms with Crippen LogP contribution in [-0.4, -0.2) is 19.5 Å². The zero-order valence-electron chi connectivity index (χ0n) is 9.26. The molecule has 0 bridgehead atoms. The Bertz CT molecular complexity index is 442. The van der Waals surface area contributed by atoms with Gasteiger partial charge in [0.05, 0.1) is 0 Å². The van der Waals surface area contributed by atoms with Crippen molar-refractivity contribution >= 4 is 10.1 Å². The molecule has 0 fully saturated rings. The molecular weight excluding hydrogens is 226 g/mol. The maximum absolute atomic E-state index is 11.1. The number of rotatable bonds is 5. The summed E-state index contributed by atoms with van der Waals surface area (Å²) in [5.74, 6) is 0. The molecule has 4 nitrogen and oxygen atoms in total. The van der Waals surface area contributed by atoms with Crippen LogP contribution in [0, 0.1) is 0 Å². The molecule has 0 aliphatic rings. The smallest absolute Gasteiger partial charge is 0.271 e. The van der Waals surface area contributed by atoms with E-state index in [0.29, 0.717) is 12.1 Å². The minimum atomic E-state index is -4.03. The summed E-state index contributed by atoms with van der Waals surface area (Å²) in [5, 5.41) is -0.888. The SMILES string of the molecule is CC(c1ccccc1CCCN)S(=O)(=O)O. The third-order valence-electron chi connectivity index (χ3n) is 2.59. The molecule has 0 aliphatic heterocycles. The van der Waals surface area contributed by atoms with Crippen LogP contribution >= 0.6 is 0 Å². The van der Waals surface area contributed by atoms with Crippen LogP contribution in [0.25, 0.3) is 0 Å². The highest BCUT2D eigenvalue weighted by molar-refractivity contribution is 7.86. The van der Waals surface area contributed by atoms with Gasteiger partial charge in [0.15, 0.2) is 0 Å². The average Bonchev–Trinajstić information content (AvgIpc) is 2.24. The molecule has 1 aromatic rings. The molecule has 5 heteroatoms. The van der Waals surface area contributed by atoms with E-state index < -0.39 is 15.4 Å². The van der Waals surface area contributed by atoms with Crippen molar-refractivity contribution in [2.24, 2.45) is 5.73 Å². The quantitative estimate of drug-likeness (QED) is 0.768. The fourth-order valence-electron chi connectivity index (χ4n) is 1.61. The van der Waals surface area contributed by atoms with Gasteiger partial charge in [0.2, 0.25) is 0 Å². The van der Waals surface area contributed by atoms with Crippen LogP contribution in [0.3, 0.4) is 0 Å². The molecular formula is C11H17NO3S. The fourth-order valence-corrected chi connectivity index (χ4v) is 2.16. The summed E-state index contributed by atoms with van der Waals surface area (Å²) in [5.41, 5.74) is 7.00. The first-order chi connectivity index (χ1) is 7.46. The lowest BCUT2D eigenvalue weighted by Gasteiger charge is -2.13. The van der Waals surface area contributed by atoms with Crippen molar-refractivity contribution in [2.75, 3.05) is 6.54 Å². The normalized spacial score (nSPS) is 13.7. The van der Waals surface area contributed by atoms with Crippen molar-refractivity contribution in [3.63, 3.8) is 0 Å². The Labute approximate surface area is 96.2 Å². The summed E-state index contributed by atoms with van der Waals surface area (Å²) >= 11 is 0. The third-order valence-corrected chi connectivity index (χ3v) is 3.74. The minimum Gasteiger partial charge on any atom is -0.330 e. The van der Waals surface area contributed by atoms with E-state index >= 15 is 0 Å². The lowest BCUT2D eigenvalue weighted by molar-refractivity contribution is 0.472. The molecule has 0 aliphatic carbocycles. The Hall–Kier alpha value is -0.910. The molecule has 0 saturated heterocycles. The van der Waals surface area contributed by atoms with Gasteiger partial charge in [-0.05, 0) is 37.4 Å². The summed E-state index contributed by atoms with van der Waals surface area (Å²) in [4.78, 5) is 0. The number of aryl methyl sites for hydroxylation is 1. The molecule has 0 spiro atoms. The molecule has 1 atom stereocenters. The van der Waals surface area contributed by atoms with Crippen molar-refractivity contribution in [2.45, 2.75) is 25.0 Å². The van der Waals surface area contributed by atoms with Crippen molar-refractivity contribution in [1.29, 1.82) is 0 Å². The van der Waals surface area contributed by atoms with Crippen LogP contribution in [0.5, 0.6) is 0 Å². The second-order valence-corrected chi connectivity index (χ2v) is 5.49. The number of hydrogen-bond acceptors (Lipinski definition) is 3.